The standard InChI is InChI=1S/C14H8BrClINO3/c15-7-1-4-12(17)10(5-7)13(19)18-8-2-3-9(14(20)21)11(16)6-8/h1-6H,(H,18,19)(H,20,21). The molecule has 2 aromatic rings. The van der Waals surface area contributed by atoms with Gasteiger partial charge in [-0.05, 0) is 59.0 Å². The van der Waals surface area contributed by atoms with Crippen LogP contribution in [0.1, 0.15) is 20.7 Å². The Morgan fingerprint density at radius 1 is 1.14 bits per heavy atom. The lowest BCUT2D eigenvalue weighted by Crippen LogP contribution is -2.13. The molecule has 0 aromatic heterocycles. The number of anilines is 1. The molecule has 21 heavy (non-hydrogen) atoms. The van der Waals surface area contributed by atoms with Gasteiger partial charge in [-0.2, -0.15) is 0 Å². The van der Waals surface area contributed by atoms with E-state index in [2.05, 4.69) is 43.8 Å². The first-order valence-electron chi connectivity index (χ1n) is 5.67. The van der Waals surface area contributed by atoms with Gasteiger partial charge >= 0.3 is 5.97 Å². The van der Waals surface area contributed by atoms with E-state index < -0.39 is 5.97 Å². The minimum Gasteiger partial charge on any atom is -0.478 e. The van der Waals surface area contributed by atoms with E-state index in [1.54, 1.807) is 6.07 Å². The Hall–Kier alpha value is -1.12. The molecular weight excluding hydrogens is 472 g/mol. The summed E-state index contributed by atoms with van der Waals surface area (Å²) in [5.74, 6) is -1.40. The van der Waals surface area contributed by atoms with E-state index in [4.69, 9.17) is 16.7 Å². The van der Waals surface area contributed by atoms with Crippen LogP contribution in [0.5, 0.6) is 0 Å². The lowest BCUT2D eigenvalue weighted by atomic mass is 10.2. The van der Waals surface area contributed by atoms with E-state index in [-0.39, 0.29) is 16.5 Å². The van der Waals surface area contributed by atoms with Crippen molar-refractivity contribution in [2.45, 2.75) is 0 Å². The van der Waals surface area contributed by atoms with Gasteiger partial charge in [-0.3, -0.25) is 4.79 Å². The average molecular weight is 480 g/mol. The highest BCUT2D eigenvalue weighted by Gasteiger charge is 2.13. The Balaban J connectivity index is 2.26. The monoisotopic (exact) mass is 479 g/mol. The van der Waals surface area contributed by atoms with Crippen LogP contribution in [0.3, 0.4) is 0 Å². The van der Waals surface area contributed by atoms with E-state index in [1.807, 2.05) is 12.1 Å². The van der Waals surface area contributed by atoms with Crippen molar-refractivity contribution in [1.82, 2.24) is 0 Å². The highest BCUT2D eigenvalue weighted by molar-refractivity contribution is 14.1. The minimum absolute atomic E-state index is 0.00768. The molecule has 0 saturated heterocycles. The highest BCUT2D eigenvalue weighted by atomic mass is 127. The second-order valence-corrected chi connectivity index (χ2v) is 6.56. The highest BCUT2D eigenvalue weighted by Crippen LogP contribution is 2.23. The third-order valence-corrected chi connectivity index (χ3v) is 4.38. The van der Waals surface area contributed by atoms with Crippen LogP contribution < -0.4 is 5.32 Å². The molecule has 0 bridgehead atoms. The topological polar surface area (TPSA) is 66.4 Å². The number of hydrogen-bond acceptors (Lipinski definition) is 2. The number of carbonyl (C=O) groups excluding carboxylic acids is 1. The van der Waals surface area contributed by atoms with Crippen LogP contribution in [0.15, 0.2) is 40.9 Å². The number of benzene rings is 2. The zero-order valence-electron chi connectivity index (χ0n) is 10.4. The number of carboxylic acids is 1. The molecule has 4 nitrogen and oxygen atoms in total. The molecule has 0 saturated carbocycles. The summed E-state index contributed by atoms with van der Waals surface area (Å²) < 4.78 is 1.61. The largest absolute Gasteiger partial charge is 0.478 e. The normalized spacial score (nSPS) is 10.2. The van der Waals surface area contributed by atoms with Crippen LogP contribution in [0.4, 0.5) is 5.69 Å². The average Bonchev–Trinajstić information content (AvgIpc) is 2.41. The third kappa shape index (κ3) is 3.96. The molecule has 0 aliphatic heterocycles. The van der Waals surface area contributed by atoms with Crippen LogP contribution in [-0.4, -0.2) is 17.0 Å². The lowest BCUT2D eigenvalue weighted by Gasteiger charge is -2.08. The van der Waals surface area contributed by atoms with Crippen LogP contribution >= 0.6 is 50.1 Å². The van der Waals surface area contributed by atoms with Crippen molar-refractivity contribution < 1.29 is 14.7 Å². The molecule has 2 N–H and O–H groups in total. The maximum Gasteiger partial charge on any atom is 0.337 e. The summed E-state index contributed by atoms with van der Waals surface area (Å²) in [6.45, 7) is 0. The van der Waals surface area contributed by atoms with Crippen molar-refractivity contribution in [3.63, 3.8) is 0 Å². The fourth-order valence-electron chi connectivity index (χ4n) is 1.64. The predicted molar refractivity (Wildman–Crippen MR) is 93.2 cm³/mol. The van der Waals surface area contributed by atoms with Crippen molar-refractivity contribution in [3.8, 4) is 0 Å². The first kappa shape index (κ1) is 16.3. The predicted octanol–water partition coefficient (Wildman–Crippen LogP) is 4.66. The third-order valence-electron chi connectivity index (χ3n) is 2.63. The Kier molecular flexibility index (Phi) is 5.23. The number of carbonyl (C=O) groups is 2. The Bertz CT molecular complexity index is 736. The molecule has 0 atom stereocenters. The number of hydrogen-bond donors (Lipinski definition) is 2. The quantitative estimate of drug-likeness (QED) is 0.629. The van der Waals surface area contributed by atoms with E-state index in [1.165, 1.54) is 18.2 Å². The molecule has 7 heteroatoms. The van der Waals surface area contributed by atoms with Crippen LogP contribution in [0.25, 0.3) is 0 Å². The number of amides is 1. The van der Waals surface area contributed by atoms with E-state index in [0.717, 1.165) is 8.04 Å². The summed E-state index contributed by atoms with van der Waals surface area (Å²) in [6.07, 6.45) is 0. The summed E-state index contributed by atoms with van der Waals surface area (Å²) in [6, 6.07) is 9.64. The summed E-state index contributed by atoms with van der Waals surface area (Å²) in [7, 11) is 0. The molecule has 108 valence electrons. The molecule has 1 amide bonds. The molecule has 0 aliphatic carbocycles. The number of aromatic carboxylic acids is 1. The fraction of sp³-hybridized carbons (Fsp3) is 0. The van der Waals surface area contributed by atoms with Gasteiger partial charge in [0.1, 0.15) is 0 Å². The zero-order valence-corrected chi connectivity index (χ0v) is 14.9. The van der Waals surface area contributed by atoms with E-state index >= 15 is 0 Å². The van der Waals surface area contributed by atoms with Gasteiger partial charge in [0.05, 0.1) is 16.1 Å². The Morgan fingerprint density at radius 3 is 2.48 bits per heavy atom. The van der Waals surface area contributed by atoms with Crippen molar-refractivity contribution in [3.05, 3.63) is 60.6 Å². The molecular formula is C14H8BrClINO3. The van der Waals surface area contributed by atoms with Gasteiger partial charge in [-0.15, -0.1) is 0 Å². The molecule has 0 fully saturated rings. The van der Waals surface area contributed by atoms with Crippen LogP contribution in [0, 0.1) is 3.57 Å². The van der Waals surface area contributed by atoms with Gasteiger partial charge in [0.2, 0.25) is 0 Å². The van der Waals surface area contributed by atoms with Gasteiger partial charge in [-0.1, -0.05) is 27.5 Å². The SMILES string of the molecule is O=C(O)c1ccc(NC(=O)c2cc(Br)ccc2I)cc1Cl. The second-order valence-electron chi connectivity index (χ2n) is 4.08. The molecule has 0 heterocycles. The molecule has 2 aromatic carbocycles. The van der Waals surface area contributed by atoms with Gasteiger partial charge < -0.3 is 10.4 Å². The molecule has 0 radical (unpaired) electrons. The molecule has 0 aliphatic rings. The fourth-order valence-corrected chi connectivity index (χ4v) is 2.84. The number of rotatable bonds is 3. The van der Waals surface area contributed by atoms with Crippen molar-refractivity contribution >= 4 is 67.7 Å². The van der Waals surface area contributed by atoms with E-state index in [0.29, 0.717) is 11.3 Å². The second kappa shape index (κ2) is 6.76. The Labute approximate surface area is 147 Å². The number of nitrogens with one attached hydrogen (secondary N) is 1. The zero-order chi connectivity index (χ0) is 15.6. The number of carboxylic acid groups (broad SMARTS) is 1. The van der Waals surface area contributed by atoms with Gasteiger partial charge in [0.15, 0.2) is 0 Å². The molecule has 2 rings (SSSR count). The summed E-state index contributed by atoms with van der Waals surface area (Å²) >= 11 is 11.3. The van der Waals surface area contributed by atoms with Crippen LogP contribution in [-0.2, 0) is 0 Å². The van der Waals surface area contributed by atoms with Crippen molar-refractivity contribution in [2.24, 2.45) is 0 Å². The van der Waals surface area contributed by atoms with E-state index in [9.17, 15) is 9.59 Å². The molecule has 0 spiro atoms. The van der Waals surface area contributed by atoms with Crippen LogP contribution in [0.2, 0.25) is 5.02 Å². The maximum atomic E-state index is 12.2. The summed E-state index contributed by atoms with van der Waals surface area (Å²) in [5, 5.41) is 11.7. The first-order chi connectivity index (χ1) is 9.88. The maximum absolute atomic E-state index is 12.2. The minimum atomic E-state index is -1.11. The van der Waals surface area contributed by atoms with Crippen molar-refractivity contribution in [1.29, 1.82) is 0 Å². The number of halogens is 3. The van der Waals surface area contributed by atoms with Crippen molar-refractivity contribution in [2.75, 3.05) is 5.32 Å². The molecule has 0 unspecified atom stereocenters. The van der Waals surface area contributed by atoms with Gasteiger partial charge in [0.25, 0.3) is 5.91 Å². The Morgan fingerprint density at radius 2 is 1.86 bits per heavy atom. The smallest absolute Gasteiger partial charge is 0.337 e. The lowest BCUT2D eigenvalue weighted by molar-refractivity contribution is 0.0697. The summed E-state index contributed by atoms with van der Waals surface area (Å²) in [4.78, 5) is 23.1. The first-order valence-corrected chi connectivity index (χ1v) is 7.92. The summed E-state index contributed by atoms with van der Waals surface area (Å²) in [5.41, 5.74) is 0.945. The van der Waals surface area contributed by atoms with Gasteiger partial charge in [-0.25, -0.2) is 4.79 Å². The van der Waals surface area contributed by atoms with Gasteiger partial charge in [0, 0.05) is 13.7 Å².